The van der Waals surface area contributed by atoms with Crippen LogP contribution in [0.3, 0.4) is 0 Å². The largest absolute Gasteiger partial charge is 0.494 e. The summed E-state index contributed by atoms with van der Waals surface area (Å²) >= 11 is 0. The lowest BCUT2D eigenvalue weighted by Crippen LogP contribution is -2.45. The molecule has 5 nitrogen and oxygen atoms in total. The SMILES string of the molecule is CCOc1ccc(CNC(=O)C2CCCN(C(=O)c3ccccc3F)C2)cc1. The molecule has 0 saturated carbocycles. The van der Waals surface area contributed by atoms with E-state index >= 15 is 0 Å². The summed E-state index contributed by atoms with van der Waals surface area (Å²) in [4.78, 5) is 26.7. The molecule has 1 fully saturated rings. The quantitative estimate of drug-likeness (QED) is 0.831. The highest BCUT2D eigenvalue weighted by Gasteiger charge is 2.29. The summed E-state index contributed by atoms with van der Waals surface area (Å²) in [5, 5.41) is 2.94. The maximum Gasteiger partial charge on any atom is 0.256 e. The number of nitrogens with one attached hydrogen (secondary N) is 1. The molecule has 0 bridgehead atoms. The second kappa shape index (κ2) is 9.35. The van der Waals surface area contributed by atoms with Gasteiger partial charge in [0, 0.05) is 19.6 Å². The third-order valence-corrected chi connectivity index (χ3v) is 4.88. The number of carbonyl (C=O) groups is 2. The van der Waals surface area contributed by atoms with E-state index in [0.717, 1.165) is 24.2 Å². The number of hydrogen-bond acceptors (Lipinski definition) is 3. The fraction of sp³-hybridized carbons (Fsp3) is 0.364. The van der Waals surface area contributed by atoms with E-state index in [0.29, 0.717) is 26.2 Å². The number of likely N-dealkylation sites (tertiary alicyclic amines) is 1. The Morgan fingerprint density at radius 1 is 1.18 bits per heavy atom. The van der Waals surface area contributed by atoms with E-state index in [2.05, 4.69) is 5.32 Å². The fourth-order valence-corrected chi connectivity index (χ4v) is 3.38. The number of amides is 2. The molecule has 2 amide bonds. The number of halogens is 1. The third kappa shape index (κ3) is 4.88. The summed E-state index contributed by atoms with van der Waals surface area (Å²) in [7, 11) is 0. The van der Waals surface area contributed by atoms with Crippen molar-refractivity contribution in [3.05, 3.63) is 65.5 Å². The number of piperidine rings is 1. The highest BCUT2D eigenvalue weighted by Crippen LogP contribution is 2.20. The first-order valence-electron chi connectivity index (χ1n) is 9.61. The molecule has 2 aromatic carbocycles. The summed E-state index contributed by atoms with van der Waals surface area (Å²) < 4.78 is 19.3. The molecular weight excluding hydrogens is 359 g/mol. The molecule has 1 heterocycles. The molecule has 1 saturated heterocycles. The normalized spacial score (nSPS) is 16.5. The van der Waals surface area contributed by atoms with E-state index in [1.807, 2.05) is 31.2 Å². The van der Waals surface area contributed by atoms with Gasteiger partial charge < -0.3 is 15.0 Å². The van der Waals surface area contributed by atoms with Crippen molar-refractivity contribution >= 4 is 11.8 Å². The molecule has 0 spiro atoms. The van der Waals surface area contributed by atoms with E-state index in [-0.39, 0.29) is 23.3 Å². The summed E-state index contributed by atoms with van der Waals surface area (Å²) in [6.07, 6.45) is 1.44. The first-order chi connectivity index (χ1) is 13.6. The Kier molecular flexibility index (Phi) is 6.63. The van der Waals surface area contributed by atoms with Crippen molar-refractivity contribution in [1.82, 2.24) is 10.2 Å². The minimum Gasteiger partial charge on any atom is -0.494 e. The van der Waals surface area contributed by atoms with Gasteiger partial charge in [0.05, 0.1) is 18.1 Å². The number of benzene rings is 2. The lowest BCUT2D eigenvalue weighted by molar-refractivity contribution is -0.126. The van der Waals surface area contributed by atoms with Gasteiger partial charge in [-0.2, -0.15) is 0 Å². The molecular formula is C22H25FN2O3. The van der Waals surface area contributed by atoms with Crippen LogP contribution < -0.4 is 10.1 Å². The summed E-state index contributed by atoms with van der Waals surface area (Å²) in [6.45, 7) is 3.81. The fourth-order valence-electron chi connectivity index (χ4n) is 3.38. The summed E-state index contributed by atoms with van der Waals surface area (Å²) in [5.74, 6) is -0.462. The van der Waals surface area contributed by atoms with Crippen LogP contribution in [-0.4, -0.2) is 36.4 Å². The Bertz CT molecular complexity index is 823. The Labute approximate surface area is 164 Å². The van der Waals surface area contributed by atoms with Crippen molar-refractivity contribution in [2.24, 2.45) is 5.92 Å². The Hall–Kier alpha value is -2.89. The van der Waals surface area contributed by atoms with Crippen LogP contribution in [-0.2, 0) is 11.3 Å². The average molecular weight is 384 g/mol. The predicted octanol–water partition coefficient (Wildman–Crippen LogP) is 3.39. The lowest BCUT2D eigenvalue weighted by Gasteiger charge is -2.32. The molecule has 6 heteroatoms. The minimum absolute atomic E-state index is 0.0537. The van der Waals surface area contributed by atoms with Crippen molar-refractivity contribution in [2.75, 3.05) is 19.7 Å². The van der Waals surface area contributed by atoms with E-state index in [9.17, 15) is 14.0 Å². The Morgan fingerprint density at radius 2 is 1.93 bits per heavy atom. The van der Waals surface area contributed by atoms with Crippen LogP contribution in [0.15, 0.2) is 48.5 Å². The zero-order chi connectivity index (χ0) is 19.9. The first-order valence-corrected chi connectivity index (χ1v) is 9.61. The summed E-state index contributed by atoms with van der Waals surface area (Å²) in [6, 6.07) is 13.5. The van der Waals surface area contributed by atoms with Gasteiger partial charge in [-0.3, -0.25) is 9.59 Å². The molecule has 0 aliphatic carbocycles. The van der Waals surface area contributed by atoms with Gasteiger partial charge in [0.1, 0.15) is 11.6 Å². The molecule has 1 aliphatic heterocycles. The Morgan fingerprint density at radius 3 is 2.64 bits per heavy atom. The summed E-state index contributed by atoms with van der Waals surface area (Å²) in [5.41, 5.74) is 1.03. The topological polar surface area (TPSA) is 58.6 Å². The Balaban J connectivity index is 1.55. The highest BCUT2D eigenvalue weighted by molar-refractivity contribution is 5.95. The van der Waals surface area contributed by atoms with Crippen molar-refractivity contribution in [3.63, 3.8) is 0 Å². The number of nitrogens with zero attached hydrogens (tertiary/aromatic N) is 1. The van der Waals surface area contributed by atoms with Gasteiger partial charge in [-0.05, 0) is 49.6 Å². The number of rotatable bonds is 6. The average Bonchev–Trinajstić information content (AvgIpc) is 2.73. The highest BCUT2D eigenvalue weighted by atomic mass is 19.1. The van der Waals surface area contributed by atoms with Gasteiger partial charge in [0.15, 0.2) is 0 Å². The maximum atomic E-state index is 13.9. The van der Waals surface area contributed by atoms with Gasteiger partial charge >= 0.3 is 0 Å². The first kappa shape index (κ1) is 19.9. The molecule has 1 unspecified atom stereocenters. The van der Waals surface area contributed by atoms with Crippen molar-refractivity contribution < 1.29 is 18.7 Å². The van der Waals surface area contributed by atoms with Gasteiger partial charge in [0.25, 0.3) is 5.91 Å². The standard InChI is InChI=1S/C22H25FN2O3/c1-2-28-18-11-9-16(10-12-18)14-24-21(26)17-6-5-13-25(15-17)22(27)19-7-3-4-8-20(19)23/h3-4,7-12,17H,2,5-6,13-15H2,1H3,(H,24,26). The second-order valence-corrected chi connectivity index (χ2v) is 6.86. The van der Waals surface area contributed by atoms with E-state index in [4.69, 9.17) is 4.74 Å². The molecule has 2 aromatic rings. The molecule has 1 atom stereocenters. The smallest absolute Gasteiger partial charge is 0.256 e. The monoisotopic (exact) mass is 384 g/mol. The van der Waals surface area contributed by atoms with Crippen LogP contribution in [0, 0.1) is 11.7 Å². The molecule has 0 radical (unpaired) electrons. The van der Waals surface area contributed by atoms with Crippen molar-refractivity contribution in [2.45, 2.75) is 26.3 Å². The van der Waals surface area contributed by atoms with Crippen molar-refractivity contribution in [3.8, 4) is 5.75 Å². The predicted molar refractivity (Wildman–Crippen MR) is 104 cm³/mol. The van der Waals surface area contributed by atoms with E-state index < -0.39 is 5.82 Å². The van der Waals surface area contributed by atoms with Crippen LogP contribution >= 0.6 is 0 Å². The van der Waals surface area contributed by atoms with Crippen LogP contribution in [0.1, 0.15) is 35.7 Å². The lowest BCUT2D eigenvalue weighted by atomic mass is 9.96. The molecule has 1 N–H and O–H groups in total. The molecule has 28 heavy (non-hydrogen) atoms. The van der Waals surface area contributed by atoms with Crippen LogP contribution in [0.25, 0.3) is 0 Å². The van der Waals surface area contributed by atoms with Crippen LogP contribution in [0.2, 0.25) is 0 Å². The zero-order valence-corrected chi connectivity index (χ0v) is 16.0. The molecule has 148 valence electrons. The molecule has 0 aromatic heterocycles. The maximum absolute atomic E-state index is 13.9. The van der Waals surface area contributed by atoms with Gasteiger partial charge in [-0.1, -0.05) is 24.3 Å². The van der Waals surface area contributed by atoms with Gasteiger partial charge in [-0.15, -0.1) is 0 Å². The molecule has 1 aliphatic rings. The third-order valence-electron chi connectivity index (χ3n) is 4.88. The van der Waals surface area contributed by atoms with Crippen LogP contribution in [0.4, 0.5) is 4.39 Å². The van der Waals surface area contributed by atoms with E-state index in [1.54, 1.807) is 17.0 Å². The van der Waals surface area contributed by atoms with Gasteiger partial charge in [0.2, 0.25) is 5.91 Å². The molecule has 3 rings (SSSR count). The van der Waals surface area contributed by atoms with Crippen molar-refractivity contribution in [1.29, 1.82) is 0 Å². The minimum atomic E-state index is -0.533. The van der Waals surface area contributed by atoms with Crippen LogP contribution in [0.5, 0.6) is 5.75 Å². The van der Waals surface area contributed by atoms with E-state index in [1.165, 1.54) is 12.1 Å². The number of hydrogen-bond donors (Lipinski definition) is 1. The second-order valence-electron chi connectivity index (χ2n) is 6.86. The number of carbonyl (C=O) groups excluding carboxylic acids is 2. The zero-order valence-electron chi connectivity index (χ0n) is 16.0. The van der Waals surface area contributed by atoms with Gasteiger partial charge in [-0.25, -0.2) is 4.39 Å². The number of ether oxygens (including phenoxy) is 1.